The van der Waals surface area contributed by atoms with E-state index in [0.717, 1.165) is 35.5 Å². The Morgan fingerprint density at radius 2 is 1.83 bits per heavy atom. The lowest BCUT2D eigenvalue weighted by molar-refractivity contribution is -0.143. The number of hydrogen-bond donors (Lipinski definition) is 0. The molecule has 0 bridgehead atoms. The smallest absolute Gasteiger partial charge is 0.334 e. The van der Waals surface area contributed by atoms with E-state index in [0.29, 0.717) is 31.1 Å². The second-order valence-electron chi connectivity index (χ2n) is 11.0. The molecule has 2 saturated carbocycles. The summed E-state index contributed by atoms with van der Waals surface area (Å²) in [4.78, 5) is 73.1. The molecule has 2 aliphatic heterocycles. The van der Waals surface area contributed by atoms with Crippen LogP contribution in [-0.4, -0.2) is 100 Å². The molecule has 4 fully saturated rings. The lowest BCUT2D eigenvalue weighted by Gasteiger charge is -2.36. The highest BCUT2D eigenvalue weighted by Crippen LogP contribution is 2.33. The summed E-state index contributed by atoms with van der Waals surface area (Å²) in [6, 6.07) is 6.36. The maximum absolute atomic E-state index is 13.7. The minimum absolute atomic E-state index is 0.0465. The van der Waals surface area contributed by atoms with Crippen molar-refractivity contribution in [3.63, 3.8) is 0 Å². The molecule has 0 radical (unpaired) electrons. The molecule has 2 aliphatic carbocycles. The molecule has 1 unspecified atom stereocenters. The first-order valence-electron chi connectivity index (χ1n) is 14.1. The summed E-state index contributed by atoms with van der Waals surface area (Å²) in [6.45, 7) is 1.27. The van der Waals surface area contributed by atoms with Crippen LogP contribution < -0.4 is 9.64 Å². The number of nitrogens with zero attached hydrogens (tertiary/aromatic N) is 6. The number of urea groups is 1. The highest BCUT2D eigenvalue weighted by Gasteiger charge is 2.47. The van der Waals surface area contributed by atoms with Gasteiger partial charge in [-0.1, -0.05) is 17.3 Å². The van der Waals surface area contributed by atoms with Crippen molar-refractivity contribution in [2.75, 3.05) is 44.8 Å². The van der Waals surface area contributed by atoms with Crippen molar-refractivity contribution in [3.8, 4) is 5.75 Å². The van der Waals surface area contributed by atoms with Gasteiger partial charge in [-0.05, 0) is 43.7 Å². The maximum Gasteiger partial charge on any atom is 0.334 e. The Hall–Kier alpha value is -4.33. The molecular formula is C28H32N6O8. The van der Waals surface area contributed by atoms with Gasteiger partial charge in [0.1, 0.15) is 12.3 Å². The molecule has 3 heterocycles. The number of morpholine rings is 1. The van der Waals surface area contributed by atoms with E-state index in [1.165, 1.54) is 12.0 Å². The number of carbonyl (C=O) groups is 5. The van der Waals surface area contributed by atoms with Crippen molar-refractivity contribution in [3.05, 3.63) is 36.0 Å². The van der Waals surface area contributed by atoms with E-state index >= 15 is 0 Å². The zero-order valence-corrected chi connectivity index (χ0v) is 23.3. The summed E-state index contributed by atoms with van der Waals surface area (Å²) in [5, 5.41) is 3.88. The van der Waals surface area contributed by atoms with Gasteiger partial charge in [-0.25, -0.2) is 9.69 Å². The van der Waals surface area contributed by atoms with Gasteiger partial charge in [-0.15, -0.1) is 0 Å². The third-order valence-electron chi connectivity index (χ3n) is 7.83. The number of hydrogen-bond acceptors (Lipinski definition) is 10. The molecule has 222 valence electrons. The van der Waals surface area contributed by atoms with Gasteiger partial charge in [0.05, 0.1) is 38.5 Å². The van der Waals surface area contributed by atoms with Crippen LogP contribution in [0.1, 0.15) is 37.4 Å². The molecule has 0 N–H and O–H groups in total. The molecular weight excluding hydrogens is 548 g/mol. The van der Waals surface area contributed by atoms with Crippen molar-refractivity contribution in [1.29, 1.82) is 0 Å². The van der Waals surface area contributed by atoms with Crippen molar-refractivity contribution in [1.82, 2.24) is 24.8 Å². The van der Waals surface area contributed by atoms with E-state index in [2.05, 4.69) is 10.1 Å². The number of rotatable bonds is 11. The van der Waals surface area contributed by atoms with E-state index < -0.39 is 23.9 Å². The number of benzene rings is 1. The Labute approximate surface area is 241 Å². The highest BCUT2D eigenvalue weighted by molar-refractivity contribution is 6.44. The summed E-state index contributed by atoms with van der Waals surface area (Å²) >= 11 is 0. The standard InChI is InChI=1S/C28H32N6O8/c1-40-21-5-3-2-4-20(21)32(15-19-14-31(10-11-41-19)25(36)18-8-9-18)24(35)12-22-29-23(42-30-22)16-34-27(38)26(37)33(28(34)39)13-17-6-7-17/h2-5,17-19H,6-16H2,1H3. The Morgan fingerprint density at radius 3 is 2.57 bits per heavy atom. The fourth-order valence-corrected chi connectivity index (χ4v) is 5.21. The number of aromatic nitrogens is 2. The van der Waals surface area contributed by atoms with Crippen LogP contribution in [0.25, 0.3) is 0 Å². The van der Waals surface area contributed by atoms with E-state index in [9.17, 15) is 24.0 Å². The summed E-state index contributed by atoms with van der Waals surface area (Å²) in [5.74, 6) is -1.28. The van der Waals surface area contributed by atoms with Crippen LogP contribution in [-0.2, 0) is 36.9 Å². The molecule has 2 saturated heterocycles. The fraction of sp³-hybridized carbons (Fsp3) is 0.536. The number of imide groups is 2. The van der Waals surface area contributed by atoms with Crippen molar-refractivity contribution >= 4 is 35.3 Å². The third kappa shape index (κ3) is 5.84. The molecule has 6 rings (SSSR count). The Kier molecular flexibility index (Phi) is 7.62. The zero-order valence-electron chi connectivity index (χ0n) is 23.3. The van der Waals surface area contributed by atoms with E-state index in [4.69, 9.17) is 14.0 Å². The first kappa shape index (κ1) is 27.8. The molecule has 6 amide bonds. The molecule has 14 nitrogen and oxygen atoms in total. The normalized spacial score (nSPS) is 20.8. The number of carbonyl (C=O) groups excluding carboxylic acids is 5. The van der Waals surface area contributed by atoms with Gasteiger partial charge >= 0.3 is 17.8 Å². The molecule has 42 heavy (non-hydrogen) atoms. The minimum atomic E-state index is -0.944. The Morgan fingerprint density at radius 1 is 1.07 bits per heavy atom. The summed E-state index contributed by atoms with van der Waals surface area (Å²) in [6.07, 6.45) is 2.99. The van der Waals surface area contributed by atoms with E-state index in [-0.39, 0.29) is 61.4 Å². The topological polar surface area (TPSA) is 156 Å². The van der Waals surface area contributed by atoms with Gasteiger partial charge in [-0.3, -0.25) is 24.1 Å². The Balaban J connectivity index is 1.15. The summed E-state index contributed by atoms with van der Waals surface area (Å²) in [5.41, 5.74) is 0.519. The molecule has 1 atom stereocenters. The Bertz CT molecular complexity index is 1400. The molecule has 4 aliphatic rings. The fourth-order valence-electron chi connectivity index (χ4n) is 5.21. The van der Waals surface area contributed by atoms with Crippen LogP contribution in [0, 0.1) is 11.8 Å². The van der Waals surface area contributed by atoms with Crippen LogP contribution >= 0.6 is 0 Å². The SMILES string of the molecule is COc1ccccc1N(CC1CN(C(=O)C2CC2)CCO1)C(=O)Cc1noc(CN2C(=O)C(=O)N(CC3CC3)C2=O)n1. The maximum atomic E-state index is 13.7. The molecule has 0 spiro atoms. The number of para-hydroxylation sites is 2. The quantitative estimate of drug-likeness (QED) is 0.277. The van der Waals surface area contributed by atoms with Crippen LogP contribution in [0.5, 0.6) is 5.75 Å². The van der Waals surface area contributed by atoms with Crippen molar-refractivity contribution < 1.29 is 38.0 Å². The second kappa shape index (κ2) is 11.5. The number of ether oxygens (including phenoxy) is 2. The monoisotopic (exact) mass is 580 g/mol. The van der Waals surface area contributed by atoms with Gasteiger partial charge in [-0.2, -0.15) is 4.98 Å². The van der Waals surface area contributed by atoms with Crippen LogP contribution in [0.2, 0.25) is 0 Å². The van der Waals surface area contributed by atoms with Gasteiger partial charge in [0.2, 0.25) is 17.7 Å². The molecule has 14 heteroatoms. The van der Waals surface area contributed by atoms with Crippen LogP contribution in [0.15, 0.2) is 28.8 Å². The zero-order chi connectivity index (χ0) is 29.4. The van der Waals surface area contributed by atoms with Crippen LogP contribution in [0.3, 0.4) is 0 Å². The number of anilines is 1. The predicted molar refractivity (Wildman–Crippen MR) is 143 cm³/mol. The molecule has 1 aromatic heterocycles. The van der Waals surface area contributed by atoms with Crippen LogP contribution in [0.4, 0.5) is 10.5 Å². The van der Waals surface area contributed by atoms with E-state index in [1.807, 2.05) is 0 Å². The minimum Gasteiger partial charge on any atom is -0.495 e. The lowest BCUT2D eigenvalue weighted by atomic mass is 10.2. The summed E-state index contributed by atoms with van der Waals surface area (Å²) < 4.78 is 16.7. The number of amides is 6. The largest absolute Gasteiger partial charge is 0.495 e. The third-order valence-corrected chi connectivity index (χ3v) is 7.83. The molecule has 2 aromatic rings. The van der Waals surface area contributed by atoms with E-state index in [1.54, 1.807) is 29.2 Å². The van der Waals surface area contributed by atoms with Crippen molar-refractivity contribution in [2.45, 2.75) is 44.8 Å². The van der Waals surface area contributed by atoms with Gasteiger partial charge in [0.25, 0.3) is 0 Å². The first-order chi connectivity index (χ1) is 20.3. The predicted octanol–water partition coefficient (Wildman–Crippen LogP) is 0.992. The average molecular weight is 581 g/mol. The van der Waals surface area contributed by atoms with Crippen molar-refractivity contribution in [2.24, 2.45) is 11.8 Å². The highest BCUT2D eigenvalue weighted by atomic mass is 16.5. The second-order valence-corrected chi connectivity index (χ2v) is 11.0. The lowest BCUT2D eigenvalue weighted by Crippen LogP contribution is -2.51. The number of methoxy groups -OCH3 is 1. The van der Waals surface area contributed by atoms with Gasteiger partial charge < -0.3 is 23.8 Å². The first-order valence-corrected chi connectivity index (χ1v) is 14.1. The molecule has 1 aromatic carbocycles. The van der Waals surface area contributed by atoms with Gasteiger partial charge in [0.15, 0.2) is 5.82 Å². The summed E-state index contributed by atoms with van der Waals surface area (Å²) in [7, 11) is 1.51. The average Bonchev–Trinajstić information content (AvgIpc) is 3.94. The van der Waals surface area contributed by atoms with Gasteiger partial charge in [0, 0.05) is 25.6 Å².